The monoisotopic (exact) mass is 241 g/mol. The smallest absolute Gasteiger partial charge is 0.231 e. The molecule has 0 spiro atoms. The van der Waals surface area contributed by atoms with E-state index in [9.17, 15) is 8.42 Å². The van der Waals surface area contributed by atoms with Gasteiger partial charge >= 0.3 is 0 Å². The van der Waals surface area contributed by atoms with Crippen LogP contribution in [0.5, 0.6) is 0 Å². The number of hydrogen-bond donors (Lipinski definition) is 2. The highest BCUT2D eigenvalue weighted by atomic mass is 35.5. The SMILES string of the molecule is CNc1sc(NS(C)(=O)=O)nc1Cl. The van der Waals surface area contributed by atoms with Crippen LogP contribution >= 0.6 is 22.9 Å². The van der Waals surface area contributed by atoms with Crippen molar-refractivity contribution in [2.45, 2.75) is 0 Å². The average molecular weight is 242 g/mol. The fourth-order valence-electron chi connectivity index (χ4n) is 0.658. The summed E-state index contributed by atoms with van der Waals surface area (Å²) in [5.74, 6) is 0. The van der Waals surface area contributed by atoms with Crippen molar-refractivity contribution in [3.8, 4) is 0 Å². The molecule has 5 nitrogen and oxygen atoms in total. The van der Waals surface area contributed by atoms with Gasteiger partial charge in [0, 0.05) is 7.05 Å². The van der Waals surface area contributed by atoms with Gasteiger partial charge in [-0.1, -0.05) is 22.9 Å². The number of anilines is 2. The summed E-state index contributed by atoms with van der Waals surface area (Å²) >= 11 is 6.82. The largest absolute Gasteiger partial charge is 0.377 e. The third-order valence-corrected chi connectivity index (χ3v) is 3.15. The molecule has 0 aliphatic rings. The summed E-state index contributed by atoms with van der Waals surface area (Å²) in [5.41, 5.74) is 0. The number of nitrogens with one attached hydrogen (secondary N) is 2. The Balaban J connectivity index is 2.92. The maximum atomic E-state index is 10.8. The molecule has 0 fully saturated rings. The predicted octanol–water partition coefficient (Wildman–Crippen LogP) is 1.21. The summed E-state index contributed by atoms with van der Waals surface area (Å²) in [6, 6.07) is 0. The van der Waals surface area contributed by atoms with Crippen molar-refractivity contribution >= 4 is 43.1 Å². The first-order valence-electron chi connectivity index (χ1n) is 3.24. The van der Waals surface area contributed by atoms with Gasteiger partial charge in [0.15, 0.2) is 10.3 Å². The molecule has 0 saturated heterocycles. The fourth-order valence-corrected chi connectivity index (χ4v) is 2.55. The normalized spacial score (nSPS) is 11.3. The topological polar surface area (TPSA) is 71.1 Å². The van der Waals surface area contributed by atoms with Crippen LogP contribution in [0.2, 0.25) is 5.15 Å². The lowest BCUT2D eigenvalue weighted by Gasteiger charge is -1.95. The number of thiazole rings is 1. The zero-order valence-corrected chi connectivity index (χ0v) is 9.35. The summed E-state index contributed by atoms with van der Waals surface area (Å²) in [6.45, 7) is 0. The average Bonchev–Trinajstić information content (AvgIpc) is 2.26. The summed E-state index contributed by atoms with van der Waals surface area (Å²) < 4.78 is 23.8. The van der Waals surface area contributed by atoms with Crippen LogP contribution in [0.4, 0.5) is 10.1 Å². The summed E-state index contributed by atoms with van der Waals surface area (Å²) in [4.78, 5) is 3.80. The quantitative estimate of drug-likeness (QED) is 0.835. The lowest BCUT2D eigenvalue weighted by atomic mass is 10.8. The molecule has 1 aromatic heterocycles. The zero-order chi connectivity index (χ0) is 10.1. The minimum atomic E-state index is -3.28. The Morgan fingerprint density at radius 3 is 2.54 bits per heavy atom. The molecule has 0 unspecified atom stereocenters. The zero-order valence-electron chi connectivity index (χ0n) is 6.96. The lowest BCUT2D eigenvalue weighted by molar-refractivity contribution is 0.607. The van der Waals surface area contributed by atoms with Crippen molar-refractivity contribution in [3.63, 3.8) is 0 Å². The predicted molar refractivity (Wildman–Crippen MR) is 55.1 cm³/mol. The molecule has 0 aliphatic carbocycles. The van der Waals surface area contributed by atoms with Crippen LogP contribution in [0.25, 0.3) is 0 Å². The number of hydrogen-bond acceptors (Lipinski definition) is 5. The van der Waals surface area contributed by atoms with E-state index >= 15 is 0 Å². The van der Waals surface area contributed by atoms with Gasteiger partial charge in [-0.05, 0) is 0 Å². The van der Waals surface area contributed by atoms with Gasteiger partial charge in [0.1, 0.15) is 5.00 Å². The Bertz CT molecular complexity index is 400. The van der Waals surface area contributed by atoms with Gasteiger partial charge in [-0.3, -0.25) is 4.72 Å². The summed E-state index contributed by atoms with van der Waals surface area (Å²) in [7, 11) is -1.59. The minimum Gasteiger partial charge on any atom is -0.377 e. The fraction of sp³-hybridized carbons (Fsp3) is 0.400. The molecule has 0 aromatic carbocycles. The van der Waals surface area contributed by atoms with Gasteiger partial charge < -0.3 is 5.32 Å². The van der Waals surface area contributed by atoms with Crippen LogP contribution in [0.15, 0.2) is 0 Å². The van der Waals surface area contributed by atoms with Gasteiger partial charge in [0.2, 0.25) is 10.0 Å². The van der Waals surface area contributed by atoms with Gasteiger partial charge in [-0.25, -0.2) is 13.4 Å². The van der Waals surface area contributed by atoms with E-state index in [0.717, 1.165) is 17.6 Å². The van der Waals surface area contributed by atoms with E-state index in [4.69, 9.17) is 11.6 Å². The highest BCUT2D eigenvalue weighted by Gasteiger charge is 2.10. The molecule has 0 aliphatic heterocycles. The third kappa shape index (κ3) is 3.02. The molecule has 0 radical (unpaired) electrons. The maximum Gasteiger partial charge on any atom is 0.231 e. The second-order valence-electron chi connectivity index (χ2n) is 2.26. The van der Waals surface area contributed by atoms with Gasteiger partial charge in [0.25, 0.3) is 0 Å². The highest BCUT2D eigenvalue weighted by Crippen LogP contribution is 2.31. The number of halogens is 1. The number of nitrogens with zero attached hydrogens (tertiary/aromatic N) is 1. The molecule has 0 atom stereocenters. The van der Waals surface area contributed by atoms with Crippen LogP contribution < -0.4 is 10.0 Å². The van der Waals surface area contributed by atoms with Crippen molar-refractivity contribution in [1.29, 1.82) is 0 Å². The van der Waals surface area contributed by atoms with Gasteiger partial charge in [-0.15, -0.1) is 0 Å². The van der Waals surface area contributed by atoms with E-state index in [1.54, 1.807) is 7.05 Å². The molecule has 1 rings (SSSR count). The van der Waals surface area contributed by atoms with Crippen molar-refractivity contribution in [1.82, 2.24) is 4.98 Å². The Labute approximate surface area is 85.2 Å². The van der Waals surface area contributed by atoms with E-state index in [1.807, 2.05) is 0 Å². The Morgan fingerprint density at radius 1 is 1.54 bits per heavy atom. The third-order valence-electron chi connectivity index (χ3n) is 1.09. The van der Waals surface area contributed by atoms with Crippen molar-refractivity contribution in [3.05, 3.63) is 5.15 Å². The molecule has 0 bridgehead atoms. The molecule has 1 aromatic rings. The standard InChI is InChI=1S/C5H8ClN3O2S2/c1-7-4-3(6)8-5(12-4)9-13(2,10)11/h7H,1-2H3,(H,8,9). The summed E-state index contributed by atoms with van der Waals surface area (Å²) in [6.07, 6.45) is 1.06. The molecular weight excluding hydrogens is 234 g/mol. The molecule has 74 valence electrons. The van der Waals surface area contributed by atoms with Gasteiger partial charge in [-0.2, -0.15) is 0 Å². The molecule has 2 N–H and O–H groups in total. The van der Waals surface area contributed by atoms with Gasteiger partial charge in [0.05, 0.1) is 6.26 Å². The first-order valence-corrected chi connectivity index (χ1v) is 6.33. The molecule has 13 heavy (non-hydrogen) atoms. The first kappa shape index (κ1) is 10.6. The van der Waals surface area contributed by atoms with E-state index in [2.05, 4.69) is 15.0 Å². The van der Waals surface area contributed by atoms with Crippen molar-refractivity contribution < 1.29 is 8.42 Å². The maximum absolute atomic E-state index is 10.8. The number of sulfonamides is 1. The first-order chi connectivity index (χ1) is 5.92. The van der Waals surface area contributed by atoms with E-state index in [1.165, 1.54) is 0 Å². The van der Waals surface area contributed by atoms with Crippen LogP contribution in [-0.4, -0.2) is 26.7 Å². The molecule has 0 saturated carbocycles. The molecule has 1 heterocycles. The highest BCUT2D eigenvalue weighted by molar-refractivity contribution is 7.92. The Morgan fingerprint density at radius 2 is 2.15 bits per heavy atom. The molecule has 8 heteroatoms. The van der Waals surface area contributed by atoms with Crippen LogP contribution in [0, 0.1) is 0 Å². The van der Waals surface area contributed by atoms with Crippen molar-refractivity contribution in [2.24, 2.45) is 0 Å². The van der Waals surface area contributed by atoms with Crippen molar-refractivity contribution in [2.75, 3.05) is 23.3 Å². The second kappa shape index (κ2) is 3.69. The van der Waals surface area contributed by atoms with Crippen LogP contribution in [0.3, 0.4) is 0 Å². The Hall–Kier alpha value is -0.530. The van der Waals surface area contributed by atoms with E-state index in [0.29, 0.717) is 5.00 Å². The second-order valence-corrected chi connectivity index (χ2v) is 5.37. The van der Waals surface area contributed by atoms with Crippen LogP contribution in [-0.2, 0) is 10.0 Å². The Kier molecular flexibility index (Phi) is 2.99. The number of rotatable bonds is 3. The lowest BCUT2D eigenvalue weighted by Crippen LogP contribution is -2.08. The minimum absolute atomic E-state index is 0.261. The van der Waals surface area contributed by atoms with Crippen LogP contribution in [0.1, 0.15) is 0 Å². The molecule has 0 amide bonds. The molecular formula is C5H8ClN3O2S2. The van der Waals surface area contributed by atoms with E-state index < -0.39 is 10.0 Å². The number of aromatic nitrogens is 1. The summed E-state index contributed by atoms with van der Waals surface area (Å²) in [5, 5.41) is 3.95. The van der Waals surface area contributed by atoms with E-state index in [-0.39, 0.29) is 10.3 Å².